The van der Waals surface area contributed by atoms with Crippen LogP contribution in [0.5, 0.6) is 0 Å². The predicted octanol–water partition coefficient (Wildman–Crippen LogP) is 4.39. The number of thiophene rings is 1. The van der Waals surface area contributed by atoms with Gasteiger partial charge in [0.05, 0.1) is 12.2 Å². The van der Waals surface area contributed by atoms with E-state index in [2.05, 4.69) is 5.32 Å². The second-order valence-electron chi connectivity index (χ2n) is 5.47. The molecule has 1 heterocycles. The molecule has 0 spiro atoms. The van der Waals surface area contributed by atoms with Gasteiger partial charge < -0.3 is 10.1 Å². The van der Waals surface area contributed by atoms with Crippen molar-refractivity contribution < 1.29 is 14.3 Å². The van der Waals surface area contributed by atoms with E-state index < -0.39 is 0 Å². The number of ether oxygens (including phenoxy) is 1. The standard InChI is InChI=1S/C18H19NO3S2/c1-3-22-18(21)15-13-8-5-9-14(13)24-17(15)19-16(20)11-6-4-7-12(10-11)23-2/h4,6-7,10H,3,5,8-9H2,1-2H3,(H,19,20). The van der Waals surface area contributed by atoms with Crippen molar-refractivity contribution >= 4 is 40.0 Å². The van der Waals surface area contributed by atoms with Gasteiger partial charge in [-0.05, 0) is 56.2 Å². The lowest BCUT2D eigenvalue weighted by Gasteiger charge is -2.08. The highest BCUT2D eigenvalue weighted by Crippen LogP contribution is 2.39. The molecule has 0 aliphatic heterocycles. The van der Waals surface area contributed by atoms with Crippen LogP contribution in [0.15, 0.2) is 29.2 Å². The van der Waals surface area contributed by atoms with Crippen LogP contribution < -0.4 is 5.32 Å². The minimum absolute atomic E-state index is 0.198. The van der Waals surface area contributed by atoms with Gasteiger partial charge in [-0.1, -0.05) is 6.07 Å². The Labute approximate surface area is 149 Å². The maximum atomic E-state index is 12.6. The van der Waals surface area contributed by atoms with Gasteiger partial charge in [0.2, 0.25) is 0 Å². The molecule has 126 valence electrons. The number of esters is 1. The normalized spacial score (nSPS) is 12.8. The Bertz CT molecular complexity index is 783. The molecule has 0 fully saturated rings. The van der Waals surface area contributed by atoms with Crippen molar-refractivity contribution in [2.24, 2.45) is 0 Å². The molecule has 1 aliphatic rings. The molecule has 4 nitrogen and oxygen atoms in total. The number of hydrogen-bond donors (Lipinski definition) is 1. The molecule has 1 aromatic heterocycles. The maximum Gasteiger partial charge on any atom is 0.341 e. The quantitative estimate of drug-likeness (QED) is 0.634. The lowest BCUT2D eigenvalue weighted by molar-refractivity contribution is 0.0527. The molecule has 0 unspecified atom stereocenters. The number of benzene rings is 1. The smallest absolute Gasteiger partial charge is 0.341 e. The van der Waals surface area contributed by atoms with Gasteiger partial charge in [0.15, 0.2) is 0 Å². The first-order chi connectivity index (χ1) is 11.6. The Balaban J connectivity index is 1.89. The Kier molecular flexibility index (Phi) is 5.26. The molecule has 24 heavy (non-hydrogen) atoms. The fraction of sp³-hybridized carbons (Fsp3) is 0.333. The highest BCUT2D eigenvalue weighted by molar-refractivity contribution is 7.98. The van der Waals surface area contributed by atoms with Gasteiger partial charge in [0, 0.05) is 15.3 Å². The summed E-state index contributed by atoms with van der Waals surface area (Å²) in [6.45, 7) is 2.11. The number of thioether (sulfide) groups is 1. The van der Waals surface area contributed by atoms with E-state index in [1.54, 1.807) is 24.8 Å². The molecule has 1 N–H and O–H groups in total. The van der Waals surface area contributed by atoms with Gasteiger partial charge in [-0.3, -0.25) is 4.79 Å². The minimum atomic E-state index is -0.343. The van der Waals surface area contributed by atoms with Crippen LogP contribution in [0.1, 0.15) is 44.5 Å². The van der Waals surface area contributed by atoms with Crippen molar-refractivity contribution in [3.05, 3.63) is 45.8 Å². The number of carbonyl (C=O) groups excluding carboxylic acids is 2. The molecule has 0 atom stereocenters. The first kappa shape index (κ1) is 17.0. The molecule has 3 rings (SSSR count). The van der Waals surface area contributed by atoms with E-state index in [4.69, 9.17) is 4.74 Å². The number of nitrogens with one attached hydrogen (secondary N) is 1. The summed E-state index contributed by atoms with van der Waals surface area (Å²) in [5.74, 6) is -0.540. The third-order valence-electron chi connectivity index (χ3n) is 3.96. The number of carbonyl (C=O) groups is 2. The molecule has 2 aromatic rings. The van der Waals surface area contributed by atoms with Crippen LogP contribution in [-0.4, -0.2) is 24.7 Å². The molecule has 0 saturated carbocycles. The molecule has 0 bridgehead atoms. The average Bonchev–Trinajstić information content (AvgIpc) is 3.15. The van der Waals surface area contributed by atoms with Crippen LogP contribution in [0.4, 0.5) is 5.00 Å². The van der Waals surface area contributed by atoms with E-state index in [1.807, 2.05) is 24.5 Å². The third kappa shape index (κ3) is 3.35. The Morgan fingerprint density at radius 2 is 2.17 bits per heavy atom. The van der Waals surface area contributed by atoms with Crippen molar-refractivity contribution in [3.63, 3.8) is 0 Å². The number of aryl methyl sites for hydroxylation is 1. The summed E-state index contributed by atoms with van der Waals surface area (Å²) in [4.78, 5) is 27.1. The maximum absolute atomic E-state index is 12.6. The number of hydrogen-bond acceptors (Lipinski definition) is 5. The summed E-state index contributed by atoms with van der Waals surface area (Å²) >= 11 is 3.09. The fourth-order valence-electron chi connectivity index (χ4n) is 2.85. The second-order valence-corrected chi connectivity index (χ2v) is 7.45. The van der Waals surface area contributed by atoms with Gasteiger partial charge in [-0.15, -0.1) is 23.1 Å². The van der Waals surface area contributed by atoms with Crippen LogP contribution >= 0.6 is 23.1 Å². The van der Waals surface area contributed by atoms with Crippen LogP contribution in [0.25, 0.3) is 0 Å². The predicted molar refractivity (Wildman–Crippen MR) is 98.5 cm³/mol. The molecule has 6 heteroatoms. The lowest BCUT2D eigenvalue weighted by Crippen LogP contribution is -2.15. The molecule has 1 aromatic carbocycles. The Morgan fingerprint density at radius 1 is 1.33 bits per heavy atom. The largest absolute Gasteiger partial charge is 0.462 e. The first-order valence-corrected chi connectivity index (χ1v) is 9.95. The zero-order valence-electron chi connectivity index (χ0n) is 13.7. The lowest BCUT2D eigenvalue weighted by atomic mass is 10.1. The van der Waals surface area contributed by atoms with Crippen molar-refractivity contribution in [1.82, 2.24) is 0 Å². The van der Waals surface area contributed by atoms with Crippen LogP contribution in [0.3, 0.4) is 0 Å². The summed E-state index contributed by atoms with van der Waals surface area (Å²) in [7, 11) is 0. The van der Waals surface area contributed by atoms with Gasteiger partial charge >= 0.3 is 5.97 Å². The van der Waals surface area contributed by atoms with Gasteiger partial charge in [0.1, 0.15) is 5.00 Å². The average molecular weight is 361 g/mol. The van der Waals surface area contributed by atoms with E-state index in [0.717, 1.165) is 29.7 Å². The summed E-state index contributed by atoms with van der Waals surface area (Å²) in [5.41, 5.74) is 2.18. The van der Waals surface area contributed by atoms with Crippen molar-refractivity contribution in [2.45, 2.75) is 31.1 Å². The highest BCUT2D eigenvalue weighted by atomic mass is 32.2. The van der Waals surface area contributed by atoms with Gasteiger partial charge in [-0.25, -0.2) is 4.79 Å². The summed E-state index contributed by atoms with van der Waals surface area (Å²) in [6.07, 6.45) is 4.86. The van der Waals surface area contributed by atoms with E-state index >= 15 is 0 Å². The van der Waals surface area contributed by atoms with Crippen LogP contribution in [0, 0.1) is 0 Å². The van der Waals surface area contributed by atoms with E-state index in [9.17, 15) is 9.59 Å². The number of anilines is 1. The summed E-state index contributed by atoms with van der Waals surface area (Å²) < 4.78 is 5.19. The second kappa shape index (κ2) is 7.40. The van der Waals surface area contributed by atoms with Crippen molar-refractivity contribution in [1.29, 1.82) is 0 Å². The van der Waals surface area contributed by atoms with E-state index in [0.29, 0.717) is 22.7 Å². The third-order valence-corrected chi connectivity index (χ3v) is 5.89. The number of amides is 1. The zero-order chi connectivity index (χ0) is 17.1. The van der Waals surface area contributed by atoms with Gasteiger partial charge in [-0.2, -0.15) is 0 Å². The minimum Gasteiger partial charge on any atom is -0.462 e. The van der Waals surface area contributed by atoms with Crippen LogP contribution in [-0.2, 0) is 17.6 Å². The molecule has 1 amide bonds. The van der Waals surface area contributed by atoms with E-state index in [-0.39, 0.29) is 11.9 Å². The Morgan fingerprint density at radius 3 is 2.92 bits per heavy atom. The highest BCUT2D eigenvalue weighted by Gasteiger charge is 2.28. The summed E-state index contributed by atoms with van der Waals surface area (Å²) in [6, 6.07) is 7.46. The molecular formula is C18H19NO3S2. The topological polar surface area (TPSA) is 55.4 Å². The van der Waals surface area contributed by atoms with Gasteiger partial charge in [0.25, 0.3) is 5.91 Å². The van der Waals surface area contributed by atoms with E-state index in [1.165, 1.54) is 16.2 Å². The monoisotopic (exact) mass is 361 g/mol. The van der Waals surface area contributed by atoms with Crippen LogP contribution in [0.2, 0.25) is 0 Å². The molecule has 0 saturated heterocycles. The summed E-state index contributed by atoms with van der Waals surface area (Å²) in [5, 5.41) is 3.53. The molecule has 1 aliphatic carbocycles. The first-order valence-electron chi connectivity index (χ1n) is 7.91. The number of fused-ring (bicyclic) bond motifs is 1. The van der Waals surface area contributed by atoms with Crippen molar-refractivity contribution in [3.8, 4) is 0 Å². The van der Waals surface area contributed by atoms with Crippen molar-refractivity contribution in [2.75, 3.05) is 18.2 Å². The number of rotatable bonds is 5. The molecule has 0 radical (unpaired) electrons. The fourth-order valence-corrected chi connectivity index (χ4v) is 4.58. The molecular weight excluding hydrogens is 342 g/mol. The Hall–Kier alpha value is -1.79. The zero-order valence-corrected chi connectivity index (χ0v) is 15.3. The SMILES string of the molecule is CCOC(=O)c1c(NC(=O)c2cccc(SC)c2)sc2c1CCC2.